The van der Waals surface area contributed by atoms with Gasteiger partial charge in [-0.15, -0.1) is 0 Å². The van der Waals surface area contributed by atoms with Crippen molar-refractivity contribution < 1.29 is 9.59 Å². The molecule has 0 saturated heterocycles. The van der Waals surface area contributed by atoms with Gasteiger partial charge in [-0.1, -0.05) is 30.3 Å². The molecule has 2 amide bonds. The van der Waals surface area contributed by atoms with E-state index in [1.54, 1.807) is 6.07 Å². The van der Waals surface area contributed by atoms with Crippen LogP contribution in [0.25, 0.3) is 0 Å². The molecule has 0 heterocycles. The Morgan fingerprint density at radius 3 is 2.36 bits per heavy atom. The molecule has 2 N–H and O–H groups in total. The summed E-state index contributed by atoms with van der Waals surface area (Å²) in [7, 11) is 0. The van der Waals surface area contributed by atoms with Crippen molar-refractivity contribution >= 4 is 40.1 Å². The maximum Gasteiger partial charge on any atom is 0.313 e. The summed E-state index contributed by atoms with van der Waals surface area (Å²) in [4.78, 5) is 24.0. The number of nitrogens with one attached hydrogen (secondary N) is 2. The molecule has 2 rings (SSSR count). The summed E-state index contributed by atoms with van der Waals surface area (Å²) >= 11 is 2.20. The van der Waals surface area contributed by atoms with E-state index in [4.69, 9.17) is 0 Å². The lowest BCUT2D eigenvalue weighted by atomic mass is 10.1. The Morgan fingerprint density at radius 1 is 1.05 bits per heavy atom. The van der Waals surface area contributed by atoms with E-state index in [1.165, 1.54) is 0 Å². The van der Waals surface area contributed by atoms with Gasteiger partial charge in [-0.2, -0.15) is 0 Å². The molecule has 114 valence electrons. The van der Waals surface area contributed by atoms with Crippen molar-refractivity contribution in [1.29, 1.82) is 0 Å². The number of hydrogen-bond donors (Lipinski definition) is 2. The van der Waals surface area contributed by atoms with E-state index in [0.29, 0.717) is 5.69 Å². The van der Waals surface area contributed by atoms with Crippen LogP contribution in [-0.4, -0.2) is 11.8 Å². The van der Waals surface area contributed by atoms with Crippen LogP contribution in [0.4, 0.5) is 5.69 Å². The van der Waals surface area contributed by atoms with Crippen molar-refractivity contribution in [2.45, 2.75) is 19.9 Å². The Hall–Kier alpha value is -1.89. The Labute approximate surface area is 143 Å². The lowest BCUT2D eigenvalue weighted by Gasteiger charge is -2.14. The first-order valence-electron chi connectivity index (χ1n) is 6.90. The number of benzene rings is 2. The summed E-state index contributed by atoms with van der Waals surface area (Å²) in [5.74, 6) is -1.30. The van der Waals surface area contributed by atoms with Crippen LogP contribution < -0.4 is 10.6 Å². The zero-order chi connectivity index (χ0) is 16.1. The zero-order valence-electron chi connectivity index (χ0n) is 12.4. The molecule has 1 unspecified atom stereocenters. The largest absolute Gasteiger partial charge is 0.341 e. The summed E-state index contributed by atoms with van der Waals surface area (Å²) in [5, 5.41) is 5.33. The van der Waals surface area contributed by atoms with E-state index in [2.05, 4.69) is 33.2 Å². The normalized spacial score (nSPS) is 11.6. The number of aryl methyl sites for hydroxylation is 1. The number of carbonyl (C=O) groups is 2. The standard InChI is InChI=1S/C17H17IN2O2/c1-11-10-14(18)8-9-15(11)20-17(22)16(21)19-12(2)13-6-4-3-5-7-13/h3-10,12H,1-2H3,(H,19,21)(H,20,22). The molecular weight excluding hydrogens is 391 g/mol. The first kappa shape index (κ1) is 16.5. The Kier molecular flexibility index (Phi) is 5.54. The topological polar surface area (TPSA) is 58.2 Å². The van der Waals surface area contributed by atoms with Crippen molar-refractivity contribution in [1.82, 2.24) is 5.32 Å². The third-order valence-electron chi connectivity index (χ3n) is 3.29. The van der Waals surface area contributed by atoms with Crippen molar-refractivity contribution in [3.63, 3.8) is 0 Å². The average Bonchev–Trinajstić information content (AvgIpc) is 2.50. The van der Waals surface area contributed by atoms with E-state index < -0.39 is 11.8 Å². The van der Waals surface area contributed by atoms with Crippen LogP contribution >= 0.6 is 22.6 Å². The summed E-state index contributed by atoms with van der Waals surface area (Å²) in [6, 6.07) is 14.9. The maximum absolute atomic E-state index is 12.0. The van der Waals surface area contributed by atoms with Crippen molar-refractivity contribution in [3.8, 4) is 0 Å². The van der Waals surface area contributed by atoms with E-state index in [1.807, 2.05) is 56.3 Å². The highest BCUT2D eigenvalue weighted by molar-refractivity contribution is 14.1. The molecule has 0 bridgehead atoms. The van der Waals surface area contributed by atoms with Gasteiger partial charge in [-0.05, 0) is 65.8 Å². The highest BCUT2D eigenvalue weighted by atomic mass is 127. The molecule has 0 aliphatic heterocycles. The molecule has 0 fully saturated rings. The molecule has 2 aromatic carbocycles. The van der Waals surface area contributed by atoms with E-state index in [9.17, 15) is 9.59 Å². The highest BCUT2D eigenvalue weighted by Gasteiger charge is 2.17. The second-order valence-corrected chi connectivity index (χ2v) is 6.26. The minimum absolute atomic E-state index is 0.225. The minimum atomic E-state index is -0.660. The fourth-order valence-corrected chi connectivity index (χ4v) is 2.68. The predicted molar refractivity (Wildman–Crippen MR) is 95.5 cm³/mol. The van der Waals surface area contributed by atoms with Crippen molar-refractivity contribution in [2.24, 2.45) is 0 Å². The molecule has 0 radical (unpaired) electrons. The second kappa shape index (κ2) is 7.40. The quantitative estimate of drug-likeness (QED) is 0.604. The van der Waals surface area contributed by atoms with Crippen LogP contribution in [0.1, 0.15) is 24.1 Å². The minimum Gasteiger partial charge on any atom is -0.341 e. The highest BCUT2D eigenvalue weighted by Crippen LogP contribution is 2.17. The number of carbonyl (C=O) groups excluding carboxylic acids is 2. The number of anilines is 1. The van der Waals surface area contributed by atoms with Crippen LogP contribution in [0.5, 0.6) is 0 Å². The summed E-state index contributed by atoms with van der Waals surface area (Å²) in [6.45, 7) is 3.74. The van der Waals surface area contributed by atoms with Crippen LogP contribution in [0, 0.1) is 10.5 Å². The summed E-state index contributed by atoms with van der Waals surface area (Å²) in [5.41, 5.74) is 2.52. The Balaban J connectivity index is 1.99. The van der Waals surface area contributed by atoms with Crippen LogP contribution in [-0.2, 0) is 9.59 Å². The fourth-order valence-electron chi connectivity index (χ4n) is 2.03. The third-order valence-corrected chi connectivity index (χ3v) is 3.96. The van der Waals surface area contributed by atoms with Crippen LogP contribution in [0.3, 0.4) is 0 Å². The van der Waals surface area contributed by atoms with Gasteiger partial charge in [0.2, 0.25) is 0 Å². The van der Waals surface area contributed by atoms with Gasteiger partial charge < -0.3 is 10.6 Å². The van der Waals surface area contributed by atoms with Crippen LogP contribution in [0.2, 0.25) is 0 Å². The third kappa shape index (κ3) is 4.30. The van der Waals surface area contributed by atoms with Crippen LogP contribution in [0.15, 0.2) is 48.5 Å². The molecule has 1 atom stereocenters. The molecular formula is C17H17IN2O2. The van der Waals surface area contributed by atoms with Gasteiger partial charge >= 0.3 is 11.8 Å². The first-order valence-corrected chi connectivity index (χ1v) is 7.98. The molecule has 0 saturated carbocycles. The lowest BCUT2D eigenvalue weighted by molar-refractivity contribution is -0.136. The Bertz CT molecular complexity index is 686. The van der Waals surface area contributed by atoms with Gasteiger partial charge in [0.1, 0.15) is 0 Å². The van der Waals surface area contributed by atoms with Gasteiger partial charge in [0, 0.05) is 9.26 Å². The number of halogens is 1. The molecule has 0 aliphatic rings. The van der Waals surface area contributed by atoms with Gasteiger partial charge in [-0.25, -0.2) is 0 Å². The molecule has 4 nitrogen and oxygen atoms in total. The van der Waals surface area contributed by atoms with E-state index >= 15 is 0 Å². The van der Waals surface area contributed by atoms with E-state index in [-0.39, 0.29) is 6.04 Å². The number of rotatable bonds is 3. The van der Waals surface area contributed by atoms with Gasteiger partial charge in [0.05, 0.1) is 6.04 Å². The second-order valence-electron chi connectivity index (χ2n) is 5.02. The van der Waals surface area contributed by atoms with Gasteiger partial charge in [-0.3, -0.25) is 9.59 Å². The van der Waals surface area contributed by atoms with Crippen molar-refractivity contribution in [3.05, 3.63) is 63.2 Å². The Morgan fingerprint density at radius 2 is 1.73 bits per heavy atom. The molecule has 0 aliphatic carbocycles. The number of amides is 2. The molecule has 2 aromatic rings. The SMILES string of the molecule is Cc1cc(I)ccc1NC(=O)C(=O)NC(C)c1ccccc1. The summed E-state index contributed by atoms with van der Waals surface area (Å²) in [6.07, 6.45) is 0. The van der Waals surface area contributed by atoms with Gasteiger partial charge in [0.25, 0.3) is 0 Å². The zero-order valence-corrected chi connectivity index (χ0v) is 14.5. The molecule has 0 aromatic heterocycles. The number of hydrogen-bond acceptors (Lipinski definition) is 2. The molecule has 22 heavy (non-hydrogen) atoms. The predicted octanol–water partition coefficient (Wildman–Crippen LogP) is 3.42. The average molecular weight is 408 g/mol. The smallest absolute Gasteiger partial charge is 0.313 e. The fraction of sp³-hybridized carbons (Fsp3) is 0.176. The lowest BCUT2D eigenvalue weighted by Crippen LogP contribution is -2.37. The summed E-state index contributed by atoms with van der Waals surface area (Å²) < 4.78 is 1.08. The van der Waals surface area contributed by atoms with Gasteiger partial charge in [0.15, 0.2) is 0 Å². The van der Waals surface area contributed by atoms with E-state index in [0.717, 1.165) is 14.7 Å². The van der Waals surface area contributed by atoms with Crippen molar-refractivity contribution in [2.75, 3.05) is 5.32 Å². The maximum atomic E-state index is 12.0. The molecule has 5 heteroatoms. The monoisotopic (exact) mass is 408 g/mol. The molecule has 0 spiro atoms. The first-order chi connectivity index (χ1) is 10.5.